The van der Waals surface area contributed by atoms with Gasteiger partial charge in [-0.25, -0.2) is 8.42 Å². The number of rotatable bonds is 6. The first-order valence-electron chi connectivity index (χ1n) is 9.21. The smallest absolute Gasteiger partial charge is 0.243 e. The summed E-state index contributed by atoms with van der Waals surface area (Å²) in [6.07, 6.45) is 0.334. The van der Waals surface area contributed by atoms with Gasteiger partial charge in [0.25, 0.3) is 0 Å². The van der Waals surface area contributed by atoms with E-state index in [-0.39, 0.29) is 42.5 Å². The molecule has 1 fully saturated rings. The molecule has 8 heteroatoms. The molecule has 1 aliphatic rings. The third-order valence-corrected chi connectivity index (χ3v) is 7.79. The molecule has 0 saturated carbocycles. The zero-order chi connectivity index (χ0) is 20.3. The van der Waals surface area contributed by atoms with Crippen molar-refractivity contribution in [1.29, 1.82) is 0 Å². The maximum atomic E-state index is 12.7. The van der Waals surface area contributed by atoms with Crippen molar-refractivity contribution in [2.45, 2.75) is 31.6 Å². The minimum absolute atomic E-state index is 0.0213. The zero-order valence-corrected chi connectivity index (χ0v) is 17.7. The number of sulfonamides is 1. The van der Waals surface area contributed by atoms with Crippen molar-refractivity contribution in [3.63, 3.8) is 0 Å². The fraction of sp³-hybridized carbons (Fsp3) is 0.400. The maximum Gasteiger partial charge on any atom is 0.243 e. The second-order valence-corrected chi connectivity index (χ2v) is 10.2. The standard InChI is InChI=1S/C20H24N2O4S2/c1-15-3-6-17(7-4-15)28(25,26)22-13-11-21(12-14-22)20(24)10-8-18(23)19-9-5-16(2)27-19/h3-7,9H,8,10-14H2,1-2H3. The highest BCUT2D eigenvalue weighted by molar-refractivity contribution is 7.89. The van der Waals surface area contributed by atoms with Gasteiger partial charge < -0.3 is 4.90 Å². The van der Waals surface area contributed by atoms with Crippen LogP contribution in [-0.2, 0) is 14.8 Å². The van der Waals surface area contributed by atoms with Gasteiger partial charge in [0.2, 0.25) is 15.9 Å². The number of Topliss-reactive ketones (excluding diaryl/α,β-unsaturated/α-hetero) is 1. The number of ketones is 1. The van der Waals surface area contributed by atoms with Crippen molar-refractivity contribution in [1.82, 2.24) is 9.21 Å². The Balaban J connectivity index is 1.52. The first-order valence-corrected chi connectivity index (χ1v) is 11.5. The first kappa shape index (κ1) is 20.7. The van der Waals surface area contributed by atoms with Gasteiger partial charge in [0, 0.05) is 43.9 Å². The predicted octanol–water partition coefficient (Wildman–Crippen LogP) is 2.86. The molecule has 0 atom stereocenters. The molecule has 1 aromatic heterocycles. The van der Waals surface area contributed by atoms with E-state index in [0.717, 1.165) is 10.4 Å². The Hall–Kier alpha value is -2.03. The van der Waals surface area contributed by atoms with Crippen LogP contribution in [0.5, 0.6) is 0 Å². The molecule has 3 rings (SSSR count). The summed E-state index contributed by atoms with van der Waals surface area (Å²) in [6, 6.07) is 10.5. The van der Waals surface area contributed by atoms with E-state index in [9.17, 15) is 18.0 Å². The molecule has 0 bridgehead atoms. The molecule has 2 aromatic rings. The molecule has 0 spiro atoms. The fourth-order valence-electron chi connectivity index (χ4n) is 3.12. The zero-order valence-electron chi connectivity index (χ0n) is 16.1. The number of carbonyl (C=O) groups excluding carboxylic acids is 2. The molecule has 0 unspecified atom stereocenters. The van der Waals surface area contributed by atoms with Crippen molar-refractivity contribution in [2.75, 3.05) is 26.2 Å². The van der Waals surface area contributed by atoms with Gasteiger partial charge >= 0.3 is 0 Å². The summed E-state index contributed by atoms with van der Waals surface area (Å²) in [4.78, 5) is 28.2. The minimum Gasteiger partial charge on any atom is -0.340 e. The molecule has 6 nitrogen and oxygen atoms in total. The van der Waals surface area contributed by atoms with E-state index >= 15 is 0 Å². The first-order chi connectivity index (χ1) is 13.3. The summed E-state index contributed by atoms with van der Waals surface area (Å²) in [5.41, 5.74) is 1.00. The molecule has 28 heavy (non-hydrogen) atoms. The summed E-state index contributed by atoms with van der Waals surface area (Å²) in [6.45, 7) is 5.06. The van der Waals surface area contributed by atoms with Crippen LogP contribution in [0.15, 0.2) is 41.3 Å². The second-order valence-electron chi connectivity index (χ2n) is 6.93. The van der Waals surface area contributed by atoms with E-state index in [2.05, 4.69) is 0 Å². The van der Waals surface area contributed by atoms with Crippen LogP contribution >= 0.6 is 11.3 Å². The number of hydrogen-bond donors (Lipinski definition) is 0. The number of carbonyl (C=O) groups is 2. The van der Waals surface area contributed by atoms with Crippen molar-refractivity contribution in [3.8, 4) is 0 Å². The summed E-state index contributed by atoms with van der Waals surface area (Å²) < 4.78 is 26.9. The summed E-state index contributed by atoms with van der Waals surface area (Å²) in [5, 5.41) is 0. The summed E-state index contributed by atoms with van der Waals surface area (Å²) >= 11 is 1.44. The quantitative estimate of drug-likeness (QED) is 0.674. The number of thiophene rings is 1. The van der Waals surface area contributed by atoms with Crippen LogP contribution in [0.4, 0.5) is 0 Å². The van der Waals surface area contributed by atoms with Gasteiger partial charge in [-0.2, -0.15) is 4.31 Å². The van der Waals surface area contributed by atoms with E-state index in [0.29, 0.717) is 18.0 Å². The van der Waals surface area contributed by atoms with E-state index in [4.69, 9.17) is 0 Å². The molecule has 1 aromatic carbocycles. The van der Waals surface area contributed by atoms with Gasteiger partial charge in [0.1, 0.15) is 0 Å². The van der Waals surface area contributed by atoms with Gasteiger partial charge in [0.05, 0.1) is 9.77 Å². The van der Waals surface area contributed by atoms with Crippen molar-refractivity contribution in [3.05, 3.63) is 51.7 Å². The lowest BCUT2D eigenvalue weighted by molar-refractivity contribution is -0.132. The Labute approximate surface area is 169 Å². The lowest BCUT2D eigenvalue weighted by Gasteiger charge is -2.34. The Morgan fingerprint density at radius 3 is 2.14 bits per heavy atom. The predicted molar refractivity (Wildman–Crippen MR) is 109 cm³/mol. The van der Waals surface area contributed by atoms with Crippen LogP contribution in [0.1, 0.15) is 33.0 Å². The minimum atomic E-state index is -3.54. The normalized spacial score (nSPS) is 15.6. The van der Waals surface area contributed by atoms with E-state index in [1.807, 2.05) is 19.9 Å². The van der Waals surface area contributed by atoms with Gasteiger partial charge in [-0.3, -0.25) is 9.59 Å². The van der Waals surface area contributed by atoms with Crippen molar-refractivity contribution in [2.24, 2.45) is 0 Å². The SMILES string of the molecule is Cc1ccc(S(=O)(=O)N2CCN(C(=O)CCC(=O)c3ccc(C)s3)CC2)cc1. The summed E-state index contributed by atoms with van der Waals surface area (Å²) in [5.74, 6) is -0.124. The third kappa shape index (κ3) is 4.68. The van der Waals surface area contributed by atoms with E-state index in [1.165, 1.54) is 15.6 Å². The molecular formula is C20H24N2O4S2. The van der Waals surface area contributed by atoms with E-state index in [1.54, 1.807) is 35.2 Å². The van der Waals surface area contributed by atoms with Crippen LogP contribution in [0.2, 0.25) is 0 Å². The molecule has 2 heterocycles. The Kier molecular flexibility index (Phi) is 6.32. The van der Waals surface area contributed by atoms with Gasteiger partial charge in [-0.1, -0.05) is 17.7 Å². The molecule has 1 saturated heterocycles. The fourth-order valence-corrected chi connectivity index (χ4v) is 5.38. The molecule has 1 amide bonds. The Morgan fingerprint density at radius 2 is 1.57 bits per heavy atom. The molecule has 1 aliphatic heterocycles. The van der Waals surface area contributed by atoms with Crippen LogP contribution in [0, 0.1) is 13.8 Å². The average Bonchev–Trinajstić information content (AvgIpc) is 3.13. The average molecular weight is 421 g/mol. The molecular weight excluding hydrogens is 396 g/mol. The topological polar surface area (TPSA) is 74.8 Å². The van der Waals surface area contributed by atoms with Crippen LogP contribution in [-0.4, -0.2) is 55.5 Å². The monoisotopic (exact) mass is 420 g/mol. The number of nitrogens with zero attached hydrogens (tertiary/aromatic N) is 2. The number of benzene rings is 1. The largest absolute Gasteiger partial charge is 0.340 e. The van der Waals surface area contributed by atoms with Crippen LogP contribution < -0.4 is 0 Å². The Bertz CT molecular complexity index is 956. The molecule has 0 N–H and O–H groups in total. The maximum absolute atomic E-state index is 12.7. The van der Waals surface area contributed by atoms with Crippen LogP contribution in [0.3, 0.4) is 0 Å². The highest BCUT2D eigenvalue weighted by atomic mass is 32.2. The van der Waals surface area contributed by atoms with Gasteiger partial charge in [-0.05, 0) is 38.1 Å². The van der Waals surface area contributed by atoms with Crippen LogP contribution in [0.25, 0.3) is 0 Å². The van der Waals surface area contributed by atoms with Crippen molar-refractivity contribution < 1.29 is 18.0 Å². The van der Waals surface area contributed by atoms with Crippen molar-refractivity contribution >= 4 is 33.1 Å². The molecule has 0 radical (unpaired) electrons. The number of amides is 1. The number of piperazine rings is 1. The second kappa shape index (κ2) is 8.55. The highest BCUT2D eigenvalue weighted by Crippen LogP contribution is 2.20. The van der Waals surface area contributed by atoms with Gasteiger partial charge in [0.15, 0.2) is 5.78 Å². The Morgan fingerprint density at radius 1 is 0.929 bits per heavy atom. The summed E-state index contributed by atoms with van der Waals surface area (Å²) in [7, 11) is -3.54. The third-order valence-electron chi connectivity index (χ3n) is 4.83. The molecule has 0 aliphatic carbocycles. The highest BCUT2D eigenvalue weighted by Gasteiger charge is 2.30. The molecule has 150 valence electrons. The number of aryl methyl sites for hydroxylation is 2. The van der Waals surface area contributed by atoms with Gasteiger partial charge in [-0.15, -0.1) is 11.3 Å². The lowest BCUT2D eigenvalue weighted by Crippen LogP contribution is -2.50. The lowest BCUT2D eigenvalue weighted by atomic mass is 10.1. The van der Waals surface area contributed by atoms with E-state index < -0.39 is 10.0 Å². The number of hydrogen-bond acceptors (Lipinski definition) is 5.